The summed E-state index contributed by atoms with van der Waals surface area (Å²) in [5, 5.41) is 6.47. The molecule has 1 aliphatic carbocycles. The number of carbonyl (C=O) groups is 1. The first-order valence-electron chi connectivity index (χ1n) is 11.5. The van der Waals surface area contributed by atoms with Gasteiger partial charge in [-0.3, -0.25) is 4.79 Å². The summed E-state index contributed by atoms with van der Waals surface area (Å²) in [5.41, 5.74) is 8.48. The fourth-order valence-corrected chi connectivity index (χ4v) is 4.33. The van der Waals surface area contributed by atoms with Gasteiger partial charge in [0, 0.05) is 46.5 Å². The minimum absolute atomic E-state index is 0.305. The third kappa shape index (κ3) is 6.92. The minimum atomic E-state index is -5.03. The Hall–Kier alpha value is -3.32. The Labute approximate surface area is 209 Å². The number of carbonyl (C=O) groups excluding carboxylic acids is 1. The molecule has 7 nitrogen and oxygen atoms in total. The number of amides is 1. The molecule has 202 valence electrons. The van der Waals surface area contributed by atoms with E-state index in [0.29, 0.717) is 43.4 Å². The summed E-state index contributed by atoms with van der Waals surface area (Å²) >= 11 is 0. The SMILES string of the molecule is CN.NC1CCC(Nc2cc(C(F)(F)F)nc(C(F)(F)F)c2)CCC1NC(=O)c1cccc2[nH]ccc12. The van der Waals surface area contributed by atoms with Crippen LogP contribution >= 0.6 is 0 Å². The predicted molar refractivity (Wildman–Crippen MR) is 128 cm³/mol. The van der Waals surface area contributed by atoms with Gasteiger partial charge in [0.1, 0.15) is 11.4 Å². The van der Waals surface area contributed by atoms with Crippen LogP contribution in [-0.2, 0) is 12.4 Å². The van der Waals surface area contributed by atoms with Gasteiger partial charge in [-0.15, -0.1) is 0 Å². The summed E-state index contributed by atoms with van der Waals surface area (Å²) in [6.45, 7) is 0. The standard InChI is InChI=1S/C23H23F6N5O.CH5N/c24-22(25,26)19-10-13(11-20(34-19)23(27,28)29)32-12-4-6-16(30)18(7-5-12)33-21(35)15-2-1-3-17-14(15)8-9-31-17;1-2/h1-3,8-12,16,18,31H,4-7,30H2,(H,32,34)(H,33,35);2H2,1H3. The molecule has 1 aromatic carbocycles. The molecule has 1 aliphatic rings. The van der Waals surface area contributed by atoms with Crippen LogP contribution in [0.15, 0.2) is 42.6 Å². The number of aromatic nitrogens is 2. The molecule has 3 aromatic rings. The number of alkyl halides is 6. The first-order chi connectivity index (χ1) is 17.4. The number of nitrogens with zero attached hydrogens (tertiary/aromatic N) is 1. The van der Waals surface area contributed by atoms with Crippen LogP contribution in [-0.4, -0.2) is 41.0 Å². The Bertz CT molecular complexity index is 1180. The Morgan fingerprint density at radius 1 is 0.973 bits per heavy atom. The topological polar surface area (TPSA) is 122 Å². The molecule has 7 N–H and O–H groups in total. The third-order valence-corrected chi connectivity index (χ3v) is 6.12. The molecule has 3 atom stereocenters. The summed E-state index contributed by atoms with van der Waals surface area (Å²) in [6.07, 6.45) is -6.72. The maximum atomic E-state index is 13.1. The number of halogens is 6. The molecule has 0 saturated heterocycles. The zero-order valence-electron chi connectivity index (χ0n) is 19.9. The number of H-pyrrole nitrogens is 1. The Balaban J connectivity index is 0.00000186. The van der Waals surface area contributed by atoms with Crippen LogP contribution in [0.4, 0.5) is 32.0 Å². The number of fused-ring (bicyclic) bond motifs is 1. The van der Waals surface area contributed by atoms with Gasteiger partial charge < -0.3 is 27.1 Å². The normalized spacial score (nSPS) is 20.5. The van der Waals surface area contributed by atoms with Crippen molar-refractivity contribution in [3.8, 4) is 0 Å². The summed E-state index contributed by atoms with van der Waals surface area (Å²) < 4.78 is 78.6. The highest BCUT2D eigenvalue weighted by Gasteiger charge is 2.39. The summed E-state index contributed by atoms with van der Waals surface area (Å²) in [6, 6.07) is 6.94. The second-order valence-corrected chi connectivity index (χ2v) is 8.61. The van der Waals surface area contributed by atoms with E-state index in [0.717, 1.165) is 10.9 Å². The van der Waals surface area contributed by atoms with E-state index in [2.05, 4.69) is 26.3 Å². The lowest BCUT2D eigenvalue weighted by atomic mass is 10.0. The zero-order chi connectivity index (χ0) is 27.4. The highest BCUT2D eigenvalue weighted by Crippen LogP contribution is 2.35. The van der Waals surface area contributed by atoms with E-state index in [9.17, 15) is 31.1 Å². The molecule has 0 aliphatic heterocycles. The largest absolute Gasteiger partial charge is 0.433 e. The number of nitrogens with one attached hydrogen (secondary N) is 3. The molecular formula is C24H28F6N6O. The van der Waals surface area contributed by atoms with Gasteiger partial charge in [0.15, 0.2) is 0 Å². The van der Waals surface area contributed by atoms with E-state index < -0.39 is 41.9 Å². The molecular weight excluding hydrogens is 502 g/mol. The second kappa shape index (κ2) is 11.4. The molecule has 0 bridgehead atoms. The lowest BCUT2D eigenvalue weighted by molar-refractivity contribution is -0.150. The third-order valence-electron chi connectivity index (χ3n) is 6.12. The van der Waals surface area contributed by atoms with E-state index in [1.807, 2.05) is 6.07 Å². The van der Waals surface area contributed by atoms with Crippen molar-refractivity contribution < 1.29 is 31.1 Å². The molecule has 0 radical (unpaired) electrons. The van der Waals surface area contributed by atoms with E-state index in [1.165, 1.54) is 7.05 Å². The molecule has 1 fully saturated rings. The Kier molecular flexibility index (Phi) is 8.69. The molecule has 1 amide bonds. The summed E-state index contributed by atoms with van der Waals surface area (Å²) in [5.74, 6) is -0.305. The molecule has 1 saturated carbocycles. The number of benzene rings is 1. The van der Waals surface area contributed by atoms with Crippen LogP contribution < -0.4 is 22.1 Å². The van der Waals surface area contributed by atoms with Crippen molar-refractivity contribution >= 4 is 22.5 Å². The number of hydrogen-bond acceptors (Lipinski definition) is 5. The predicted octanol–water partition coefficient (Wildman–Crippen LogP) is 4.66. The Morgan fingerprint density at radius 3 is 2.22 bits per heavy atom. The maximum absolute atomic E-state index is 13.1. The lowest BCUT2D eigenvalue weighted by Crippen LogP contribution is -2.46. The van der Waals surface area contributed by atoms with Crippen LogP contribution in [0.1, 0.15) is 47.4 Å². The summed E-state index contributed by atoms with van der Waals surface area (Å²) in [7, 11) is 1.50. The van der Waals surface area contributed by atoms with Gasteiger partial charge in [0.05, 0.1) is 0 Å². The average molecular weight is 531 g/mol. The minimum Gasteiger partial charge on any atom is -0.382 e. The number of hydrogen-bond donors (Lipinski definition) is 5. The van der Waals surface area contributed by atoms with Gasteiger partial charge in [-0.05, 0) is 63.1 Å². The number of nitrogens with two attached hydrogens (primary N) is 2. The van der Waals surface area contributed by atoms with Crippen molar-refractivity contribution in [2.24, 2.45) is 11.5 Å². The van der Waals surface area contributed by atoms with Gasteiger partial charge >= 0.3 is 12.4 Å². The first-order valence-corrected chi connectivity index (χ1v) is 11.5. The number of anilines is 1. The molecule has 3 unspecified atom stereocenters. The number of rotatable bonds is 4. The zero-order valence-corrected chi connectivity index (χ0v) is 19.9. The second-order valence-electron chi connectivity index (χ2n) is 8.61. The van der Waals surface area contributed by atoms with Crippen molar-refractivity contribution in [3.63, 3.8) is 0 Å². The monoisotopic (exact) mass is 530 g/mol. The number of pyridine rings is 1. The molecule has 2 heterocycles. The fraction of sp³-hybridized carbons (Fsp3) is 0.417. The van der Waals surface area contributed by atoms with E-state index >= 15 is 0 Å². The van der Waals surface area contributed by atoms with Crippen LogP contribution in [0.3, 0.4) is 0 Å². The van der Waals surface area contributed by atoms with E-state index in [1.54, 1.807) is 24.4 Å². The van der Waals surface area contributed by atoms with Crippen LogP contribution in [0.2, 0.25) is 0 Å². The van der Waals surface area contributed by atoms with Crippen LogP contribution in [0, 0.1) is 0 Å². The maximum Gasteiger partial charge on any atom is 0.433 e. The lowest BCUT2D eigenvalue weighted by Gasteiger charge is -2.23. The van der Waals surface area contributed by atoms with Crippen molar-refractivity contribution in [1.29, 1.82) is 0 Å². The smallest absolute Gasteiger partial charge is 0.382 e. The van der Waals surface area contributed by atoms with Crippen molar-refractivity contribution in [1.82, 2.24) is 15.3 Å². The first kappa shape index (κ1) is 28.3. The van der Waals surface area contributed by atoms with E-state index in [4.69, 9.17) is 5.73 Å². The Morgan fingerprint density at radius 2 is 1.59 bits per heavy atom. The number of aromatic amines is 1. The van der Waals surface area contributed by atoms with Gasteiger partial charge in [-0.2, -0.15) is 26.3 Å². The van der Waals surface area contributed by atoms with Crippen molar-refractivity contribution in [3.05, 3.63) is 59.5 Å². The molecule has 2 aromatic heterocycles. The van der Waals surface area contributed by atoms with Crippen LogP contribution in [0.25, 0.3) is 10.9 Å². The average Bonchev–Trinajstić information content (AvgIpc) is 3.27. The van der Waals surface area contributed by atoms with Gasteiger partial charge in [0.25, 0.3) is 5.91 Å². The summed E-state index contributed by atoms with van der Waals surface area (Å²) in [4.78, 5) is 18.7. The van der Waals surface area contributed by atoms with Crippen molar-refractivity contribution in [2.45, 2.75) is 56.2 Å². The van der Waals surface area contributed by atoms with Crippen LogP contribution in [0.5, 0.6) is 0 Å². The van der Waals surface area contributed by atoms with Gasteiger partial charge in [0.2, 0.25) is 0 Å². The highest BCUT2D eigenvalue weighted by atomic mass is 19.4. The van der Waals surface area contributed by atoms with E-state index in [-0.39, 0.29) is 11.6 Å². The highest BCUT2D eigenvalue weighted by molar-refractivity contribution is 6.06. The van der Waals surface area contributed by atoms with Crippen molar-refractivity contribution in [2.75, 3.05) is 12.4 Å². The quantitative estimate of drug-likeness (QED) is 0.248. The molecule has 13 heteroatoms. The fourth-order valence-electron chi connectivity index (χ4n) is 4.33. The van der Waals surface area contributed by atoms with Gasteiger partial charge in [-0.1, -0.05) is 6.07 Å². The molecule has 0 spiro atoms. The molecule has 37 heavy (non-hydrogen) atoms. The van der Waals surface area contributed by atoms with Gasteiger partial charge in [-0.25, -0.2) is 4.98 Å². The molecule has 4 rings (SSSR count).